The molecule has 26 heavy (non-hydrogen) atoms. The zero-order chi connectivity index (χ0) is 17.6. The number of piperidine rings is 1. The second kappa shape index (κ2) is 8.58. The van der Waals surface area contributed by atoms with Gasteiger partial charge in [-0.3, -0.25) is 0 Å². The van der Waals surface area contributed by atoms with Crippen molar-refractivity contribution in [2.75, 3.05) is 25.0 Å². The van der Waals surface area contributed by atoms with Gasteiger partial charge in [0, 0.05) is 37.1 Å². The average Bonchev–Trinajstić information content (AvgIpc) is 2.70. The molecular weight excluding hydrogens is 322 g/mol. The number of hydrogen-bond donors (Lipinski definition) is 1. The van der Waals surface area contributed by atoms with Gasteiger partial charge in [0.05, 0.1) is 0 Å². The highest BCUT2D eigenvalue weighted by Gasteiger charge is 2.25. The molecule has 0 radical (unpaired) electrons. The fourth-order valence-corrected chi connectivity index (χ4v) is 4.42. The van der Waals surface area contributed by atoms with Crippen molar-refractivity contribution in [2.45, 2.75) is 50.9 Å². The number of anilines is 2. The molecular formula is C21H29N5. The van der Waals surface area contributed by atoms with Crippen LogP contribution in [-0.4, -0.2) is 39.5 Å². The molecule has 2 aromatic rings. The summed E-state index contributed by atoms with van der Waals surface area (Å²) in [5.41, 5.74) is 1.19. The maximum atomic E-state index is 4.86. The van der Waals surface area contributed by atoms with Crippen molar-refractivity contribution in [3.05, 3.63) is 42.4 Å². The minimum Gasteiger partial charge on any atom is -0.309 e. The van der Waals surface area contributed by atoms with Crippen LogP contribution in [0.4, 0.5) is 11.8 Å². The SMILES string of the molecule is c1cnc(Nc2cccc([C@@H]3CCCN(CC4CCCCC4)C3)n2)nc1. The Hall–Kier alpha value is -2.01. The van der Waals surface area contributed by atoms with E-state index in [-0.39, 0.29) is 0 Å². The topological polar surface area (TPSA) is 53.9 Å². The Morgan fingerprint density at radius 1 is 0.962 bits per heavy atom. The molecule has 4 rings (SSSR count). The minimum atomic E-state index is 0.533. The first-order chi connectivity index (χ1) is 12.9. The highest BCUT2D eigenvalue weighted by atomic mass is 15.1. The molecule has 0 bridgehead atoms. The van der Waals surface area contributed by atoms with Gasteiger partial charge >= 0.3 is 0 Å². The summed E-state index contributed by atoms with van der Waals surface area (Å²) in [6.45, 7) is 3.68. The molecule has 5 nitrogen and oxygen atoms in total. The van der Waals surface area contributed by atoms with Crippen LogP contribution in [0.2, 0.25) is 0 Å². The summed E-state index contributed by atoms with van der Waals surface area (Å²) in [5.74, 6) is 2.88. The normalized spacial score (nSPS) is 22.2. The third kappa shape index (κ3) is 4.58. The van der Waals surface area contributed by atoms with E-state index in [1.54, 1.807) is 12.4 Å². The summed E-state index contributed by atoms with van der Waals surface area (Å²) in [7, 11) is 0. The van der Waals surface area contributed by atoms with Crippen LogP contribution in [0.1, 0.15) is 56.6 Å². The van der Waals surface area contributed by atoms with Gasteiger partial charge in [-0.15, -0.1) is 0 Å². The van der Waals surface area contributed by atoms with Gasteiger partial charge in [0.1, 0.15) is 5.82 Å². The third-order valence-corrected chi connectivity index (χ3v) is 5.74. The van der Waals surface area contributed by atoms with Gasteiger partial charge in [0.2, 0.25) is 5.95 Å². The fourth-order valence-electron chi connectivity index (χ4n) is 4.42. The molecule has 1 aliphatic carbocycles. The van der Waals surface area contributed by atoms with Crippen LogP contribution in [-0.2, 0) is 0 Å². The Kier molecular flexibility index (Phi) is 5.75. The van der Waals surface area contributed by atoms with Gasteiger partial charge in [-0.05, 0) is 56.3 Å². The van der Waals surface area contributed by atoms with Crippen LogP contribution >= 0.6 is 0 Å². The summed E-state index contributed by atoms with van der Waals surface area (Å²) < 4.78 is 0. The lowest BCUT2D eigenvalue weighted by atomic mass is 9.87. The molecule has 0 spiro atoms. The fraction of sp³-hybridized carbons (Fsp3) is 0.571. The highest BCUT2D eigenvalue weighted by molar-refractivity contribution is 5.47. The number of likely N-dealkylation sites (tertiary alicyclic amines) is 1. The Morgan fingerprint density at radius 3 is 2.65 bits per heavy atom. The van der Waals surface area contributed by atoms with Crippen LogP contribution in [0.3, 0.4) is 0 Å². The van der Waals surface area contributed by atoms with Crippen molar-refractivity contribution in [3.63, 3.8) is 0 Å². The van der Waals surface area contributed by atoms with Crippen LogP contribution in [0, 0.1) is 5.92 Å². The van der Waals surface area contributed by atoms with Crippen molar-refractivity contribution in [3.8, 4) is 0 Å². The van der Waals surface area contributed by atoms with Crippen molar-refractivity contribution < 1.29 is 0 Å². The van der Waals surface area contributed by atoms with Gasteiger partial charge < -0.3 is 10.2 Å². The summed E-state index contributed by atoms with van der Waals surface area (Å²) in [6.07, 6.45) is 13.1. The molecule has 0 aromatic carbocycles. The van der Waals surface area contributed by atoms with Crippen LogP contribution in [0.15, 0.2) is 36.7 Å². The maximum absolute atomic E-state index is 4.86. The smallest absolute Gasteiger partial charge is 0.228 e. The second-order valence-electron chi connectivity index (χ2n) is 7.75. The Morgan fingerprint density at radius 2 is 1.81 bits per heavy atom. The molecule has 5 heteroatoms. The molecule has 2 fully saturated rings. The van der Waals surface area contributed by atoms with Gasteiger partial charge in [0.15, 0.2) is 0 Å². The van der Waals surface area contributed by atoms with E-state index in [2.05, 4.69) is 32.3 Å². The number of hydrogen-bond acceptors (Lipinski definition) is 5. The molecule has 1 aliphatic heterocycles. The van der Waals surface area contributed by atoms with E-state index in [0.717, 1.165) is 18.3 Å². The summed E-state index contributed by atoms with van der Waals surface area (Å²) in [6, 6.07) is 8.07. The first-order valence-electron chi connectivity index (χ1n) is 10.1. The van der Waals surface area contributed by atoms with Crippen LogP contribution in [0.5, 0.6) is 0 Å². The largest absolute Gasteiger partial charge is 0.309 e. The molecule has 1 saturated carbocycles. The number of pyridine rings is 1. The van der Waals surface area contributed by atoms with Gasteiger partial charge in [0.25, 0.3) is 0 Å². The summed E-state index contributed by atoms with van der Waals surface area (Å²) in [4.78, 5) is 16.0. The van der Waals surface area contributed by atoms with Crippen molar-refractivity contribution in [2.24, 2.45) is 5.92 Å². The Labute approximate surface area is 156 Å². The van der Waals surface area contributed by atoms with Crippen molar-refractivity contribution >= 4 is 11.8 Å². The number of aromatic nitrogens is 3. The Bertz CT molecular complexity index is 684. The van der Waals surface area contributed by atoms with Gasteiger partial charge in [-0.1, -0.05) is 25.3 Å². The highest BCUT2D eigenvalue weighted by Crippen LogP contribution is 2.30. The van der Waals surface area contributed by atoms with E-state index in [0.29, 0.717) is 11.9 Å². The molecule has 2 aromatic heterocycles. The predicted octanol–water partition coefficient (Wildman–Crippen LogP) is 4.37. The standard InChI is InChI=1S/C21H29N5/c1-2-7-17(8-3-1)15-26-14-5-9-18(16-26)19-10-4-11-20(24-19)25-21-22-12-6-13-23-21/h4,6,10-13,17-18H,1-3,5,7-9,14-16H2,(H,22,23,24,25)/t18-/m1/s1. The zero-order valence-electron chi connectivity index (χ0n) is 15.5. The van der Waals surface area contributed by atoms with Crippen molar-refractivity contribution in [1.29, 1.82) is 0 Å². The zero-order valence-corrected chi connectivity index (χ0v) is 15.5. The molecule has 0 unspecified atom stereocenters. The summed E-state index contributed by atoms with van der Waals surface area (Å²) >= 11 is 0. The molecule has 1 saturated heterocycles. The third-order valence-electron chi connectivity index (χ3n) is 5.74. The summed E-state index contributed by atoms with van der Waals surface area (Å²) in [5, 5.41) is 3.21. The molecule has 3 heterocycles. The van der Waals surface area contributed by atoms with Crippen molar-refractivity contribution in [1.82, 2.24) is 19.9 Å². The Balaban J connectivity index is 1.39. The predicted molar refractivity (Wildman–Crippen MR) is 105 cm³/mol. The monoisotopic (exact) mass is 351 g/mol. The van der Waals surface area contributed by atoms with E-state index in [1.165, 1.54) is 63.7 Å². The minimum absolute atomic E-state index is 0.533. The average molecular weight is 351 g/mol. The molecule has 2 aliphatic rings. The lowest BCUT2D eigenvalue weighted by molar-refractivity contribution is 0.159. The van der Waals surface area contributed by atoms with E-state index in [4.69, 9.17) is 4.98 Å². The first-order valence-corrected chi connectivity index (χ1v) is 10.1. The van der Waals surface area contributed by atoms with Gasteiger partial charge in [-0.25, -0.2) is 15.0 Å². The van der Waals surface area contributed by atoms with E-state index < -0.39 is 0 Å². The lowest BCUT2D eigenvalue weighted by Gasteiger charge is -2.36. The molecule has 1 atom stereocenters. The number of nitrogens with one attached hydrogen (secondary N) is 1. The lowest BCUT2D eigenvalue weighted by Crippen LogP contribution is -2.38. The maximum Gasteiger partial charge on any atom is 0.228 e. The quantitative estimate of drug-likeness (QED) is 0.866. The number of nitrogens with zero attached hydrogens (tertiary/aromatic N) is 4. The second-order valence-corrected chi connectivity index (χ2v) is 7.75. The number of rotatable bonds is 5. The molecule has 138 valence electrons. The molecule has 1 N–H and O–H groups in total. The van der Waals surface area contributed by atoms with Crippen LogP contribution < -0.4 is 5.32 Å². The van der Waals surface area contributed by atoms with Gasteiger partial charge in [-0.2, -0.15) is 0 Å². The molecule has 0 amide bonds. The first kappa shape index (κ1) is 17.4. The van der Waals surface area contributed by atoms with E-state index in [1.807, 2.05) is 12.1 Å². The van der Waals surface area contributed by atoms with E-state index in [9.17, 15) is 0 Å². The van der Waals surface area contributed by atoms with Crippen LogP contribution in [0.25, 0.3) is 0 Å². The van der Waals surface area contributed by atoms with E-state index >= 15 is 0 Å².